The van der Waals surface area contributed by atoms with E-state index in [-0.39, 0.29) is 23.6 Å². The van der Waals surface area contributed by atoms with Crippen LogP contribution in [-0.2, 0) is 6.11 Å². The molecule has 0 N–H and O–H groups in total. The summed E-state index contributed by atoms with van der Waals surface area (Å²) >= 11 is 0. The molecule has 0 radical (unpaired) electrons. The molecule has 1 nitrogen and oxygen atoms in total. The molecular weight excluding hydrogens is 509 g/mol. The number of ether oxygens (including phenoxy) is 1. The van der Waals surface area contributed by atoms with Crippen molar-refractivity contribution >= 4 is 0 Å². The lowest BCUT2D eigenvalue weighted by atomic mass is 9.77. The van der Waals surface area contributed by atoms with Crippen molar-refractivity contribution in [3.8, 4) is 5.75 Å². The van der Waals surface area contributed by atoms with Crippen LogP contribution >= 0.6 is 0 Å². The SMILES string of the molecule is CCCC1=CCC(/C=C/C2CCC(c3cc(F)c(C(F)(F)Oc4cc(F)c(F)c(F)c4)c(F)c3)CC2)CC1. The lowest BCUT2D eigenvalue weighted by Gasteiger charge is -2.28. The highest BCUT2D eigenvalue weighted by Crippen LogP contribution is 2.41. The van der Waals surface area contributed by atoms with Crippen LogP contribution in [0.25, 0.3) is 0 Å². The molecule has 1 saturated carbocycles. The summed E-state index contributed by atoms with van der Waals surface area (Å²) in [6.45, 7) is 2.19. The lowest BCUT2D eigenvalue weighted by molar-refractivity contribution is -0.189. The van der Waals surface area contributed by atoms with Gasteiger partial charge in [0.25, 0.3) is 0 Å². The van der Waals surface area contributed by atoms with Crippen molar-refractivity contribution < 1.29 is 35.5 Å². The molecule has 206 valence electrons. The Morgan fingerprint density at radius 1 is 0.816 bits per heavy atom. The zero-order chi connectivity index (χ0) is 27.4. The molecular formula is C30H31F7O. The van der Waals surface area contributed by atoms with Crippen LogP contribution in [0, 0.1) is 40.9 Å². The average molecular weight is 541 g/mol. The largest absolute Gasteiger partial charge is 0.432 e. The van der Waals surface area contributed by atoms with Crippen molar-refractivity contribution in [3.63, 3.8) is 0 Å². The Morgan fingerprint density at radius 2 is 1.42 bits per heavy atom. The molecule has 0 aliphatic heterocycles. The number of halogens is 7. The van der Waals surface area contributed by atoms with Gasteiger partial charge in [-0.05, 0) is 86.8 Å². The molecule has 1 unspecified atom stereocenters. The molecule has 0 aromatic heterocycles. The predicted molar refractivity (Wildman–Crippen MR) is 131 cm³/mol. The van der Waals surface area contributed by atoms with E-state index in [4.69, 9.17) is 0 Å². The number of hydrogen-bond donors (Lipinski definition) is 0. The zero-order valence-corrected chi connectivity index (χ0v) is 21.2. The number of allylic oxidation sites excluding steroid dienone is 4. The van der Waals surface area contributed by atoms with E-state index in [1.807, 2.05) is 0 Å². The van der Waals surface area contributed by atoms with Gasteiger partial charge in [-0.25, -0.2) is 22.0 Å². The van der Waals surface area contributed by atoms with Gasteiger partial charge in [-0.15, -0.1) is 0 Å². The standard InChI is InChI=1S/C30H31F7O/c1-2-3-18-4-6-19(7-5-18)8-9-20-10-12-21(13-11-20)22-14-24(31)28(25(32)15-22)30(36,37)38-23-16-26(33)29(35)27(34)17-23/h4,8-9,14-17,19-21H,2-3,5-7,10-13H2,1H3/b9-8+. The van der Waals surface area contributed by atoms with Crippen molar-refractivity contribution in [2.24, 2.45) is 11.8 Å². The van der Waals surface area contributed by atoms with Crippen molar-refractivity contribution in [1.82, 2.24) is 0 Å². The summed E-state index contributed by atoms with van der Waals surface area (Å²) in [6.07, 6.45) is 11.0. The maximum Gasteiger partial charge on any atom is 0.432 e. The molecule has 0 bridgehead atoms. The third kappa shape index (κ3) is 6.62. The minimum absolute atomic E-state index is 0.179. The smallest absolute Gasteiger partial charge is 0.429 e. The molecule has 2 aromatic rings. The Hall–Kier alpha value is -2.77. The van der Waals surface area contributed by atoms with Crippen LogP contribution in [0.1, 0.15) is 81.8 Å². The maximum absolute atomic E-state index is 14.7. The Morgan fingerprint density at radius 3 is 1.97 bits per heavy atom. The van der Waals surface area contributed by atoms with Crippen LogP contribution in [0.4, 0.5) is 30.7 Å². The molecule has 4 rings (SSSR count). The fourth-order valence-corrected chi connectivity index (χ4v) is 5.49. The third-order valence-corrected chi connectivity index (χ3v) is 7.57. The van der Waals surface area contributed by atoms with Crippen molar-refractivity contribution in [1.29, 1.82) is 0 Å². The third-order valence-electron chi connectivity index (χ3n) is 7.57. The number of alkyl halides is 2. The Labute approximate surface area is 218 Å². The summed E-state index contributed by atoms with van der Waals surface area (Å²) in [5, 5.41) is 0. The number of hydrogen-bond acceptors (Lipinski definition) is 1. The van der Waals surface area contributed by atoms with Gasteiger partial charge in [0.1, 0.15) is 22.9 Å². The topological polar surface area (TPSA) is 9.23 Å². The zero-order valence-electron chi connectivity index (χ0n) is 21.2. The molecule has 8 heteroatoms. The molecule has 0 saturated heterocycles. The Balaban J connectivity index is 1.38. The predicted octanol–water partition coefficient (Wildman–Crippen LogP) is 9.87. The monoisotopic (exact) mass is 540 g/mol. The first-order valence-corrected chi connectivity index (χ1v) is 13.1. The maximum atomic E-state index is 14.7. The Bertz CT molecular complexity index is 1150. The summed E-state index contributed by atoms with van der Waals surface area (Å²) in [7, 11) is 0. The summed E-state index contributed by atoms with van der Waals surface area (Å²) in [6, 6.07) is 2.09. The lowest BCUT2D eigenvalue weighted by Crippen LogP contribution is -2.26. The summed E-state index contributed by atoms with van der Waals surface area (Å²) in [4.78, 5) is 0. The first kappa shape index (κ1) is 28.2. The summed E-state index contributed by atoms with van der Waals surface area (Å²) in [5.74, 6) is -8.84. The van der Waals surface area contributed by atoms with Gasteiger partial charge < -0.3 is 4.74 Å². The van der Waals surface area contributed by atoms with Gasteiger partial charge in [0.05, 0.1) is 0 Å². The van der Waals surface area contributed by atoms with E-state index in [1.54, 1.807) is 5.57 Å². The summed E-state index contributed by atoms with van der Waals surface area (Å²) < 4.78 is 103. The van der Waals surface area contributed by atoms with Gasteiger partial charge in [0.15, 0.2) is 17.5 Å². The average Bonchev–Trinajstić information content (AvgIpc) is 2.86. The molecule has 0 heterocycles. The quantitative estimate of drug-likeness (QED) is 0.184. The minimum atomic E-state index is -4.59. The van der Waals surface area contributed by atoms with Crippen LogP contribution in [0.2, 0.25) is 0 Å². The minimum Gasteiger partial charge on any atom is -0.429 e. The molecule has 0 spiro atoms. The van der Waals surface area contributed by atoms with E-state index < -0.39 is 46.5 Å². The van der Waals surface area contributed by atoms with Crippen LogP contribution in [0.15, 0.2) is 48.1 Å². The van der Waals surface area contributed by atoms with Gasteiger partial charge in [0, 0.05) is 12.1 Å². The molecule has 38 heavy (non-hydrogen) atoms. The number of rotatable bonds is 8. The van der Waals surface area contributed by atoms with Crippen molar-refractivity contribution in [3.05, 3.63) is 88.3 Å². The van der Waals surface area contributed by atoms with Gasteiger partial charge in [-0.2, -0.15) is 8.78 Å². The molecule has 1 atom stereocenters. The fraction of sp³-hybridized carbons (Fsp3) is 0.467. The second-order valence-electron chi connectivity index (χ2n) is 10.3. The highest BCUT2D eigenvalue weighted by atomic mass is 19.3. The molecule has 1 fully saturated rings. The second kappa shape index (κ2) is 12.0. The first-order chi connectivity index (χ1) is 18.1. The van der Waals surface area contributed by atoms with Crippen LogP contribution < -0.4 is 4.74 Å². The van der Waals surface area contributed by atoms with E-state index in [1.165, 1.54) is 12.8 Å². The van der Waals surface area contributed by atoms with Gasteiger partial charge in [-0.3, -0.25) is 0 Å². The van der Waals surface area contributed by atoms with Crippen molar-refractivity contribution in [2.75, 3.05) is 0 Å². The van der Waals surface area contributed by atoms with Gasteiger partial charge in [-0.1, -0.05) is 37.1 Å². The molecule has 2 aromatic carbocycles. The van der Waals surface area contributed by atoms with Crippen LogP contribution in [-0.4, -0.2) is 0 Å². The van der Waals surface area contributed by atoms with E-state index in [0.29, 0.717) is 24.7 Å². The van der Waals surface area contributed by atoms with Crippen LogP contribution in [0.5, 0.6) is 5.75 Å². The van der Waals surface area contributed by atoms with E-state index in [9.17, 15) is 30.7 Å². The van der Waals surface area contributed by atoms with Gasteiger partial charge >= 0.3 is 6.11 Å². The van der Waals surface area contributed by atoms with E-state index >= 15 is 0 Å². The van der Waals surface area contributed by atoms with E-state index in [0.717, 1.165) is 44.2 Å². The van der Waals surface area contributed by atoms with Crippen LogP contribution in [0.3, 0.4) is 0 Å². The molecule has 0 amide bonds. The second-order valence-corrected chi connectivity index (χ2v) is 10.3. The van der Waals surface area contributed by atoms with Gasteiger partial charge in [0.2, 0.25) is 0 Å². The first-order valence-electron chi connectivity index (χ1n) is 13.1. The summed E-state index contributed by atoms with van der Waals surface area (Å²) in [5.41, 5.74) is 0.152. The van der Waals surface area contributed by atoms with Crippen molar-refractivity contribution in [2.45, 2.75) is 76.7 Å². The fourth-order valence-electron chi connectivity index (χ4n) is 5.49. The Kier molecular flexibility index (Phi) is 8.89. The van der Waals surface area contributed by atoms with E-state index in [2.05, 4.69) is 29.9 Å². The molecule has 2 aliphatic rings. The number of benzene rings is 2. The highest BCUT2D eigenvalue weighted by Gasteiger charge is 2.42. The normalized spacial score (nSPS) is 22.5. The highest BCUT2D eigenvalue weighted by molar-refractivity contribution is 5.33. The molecule has 2 aliphatic carbocycles.